The molecule has 1 aromatic carbocycles. The highest BCUT2D eigenvalue weighted by molar-refractivity contribution is 5.77. The Morgan fingerprint density at radius 2 is 2.04 bits per heavy atom. The summed E-state index contributed by atoms with van der Waals surface area (Å²) in [6.07, 6.45) is 0. The van der Waals surface area contributed by atoms with Crippen molar-refractivity contribution in [2.45, 2.75) is 39.4 Å². The summed E-state index contributed by atoms with van der Waals surface area (Å²) in [5, 5.41) is 9.25. The van der Waals surface area contributed by atoms with E-state index < -0.39 is 0 Å². The average Bonchev–Trinajstić information content (AvgIpc) is 2.98. The first kappa shape index (κ1) is 15.0. The Morgan fingerprint density at radius 1 is 1.21 bits per heavy atom. The summed E-state index contributed by atoms with van der Waals surface area (Å²) in [6.45, 7) is 7.34. The SMILES string of the molecule is CC(C)c1nnc2n1CCN(Cc1nc3ccccc3c(=O)[nH]1)C2. The van der Waals surface area contributed by atoms with Crippen molar-refractivity contribution in [1.82, 2.24) is 29.6 Å². The van der Waals surface area contributed by atoms with Crippen LogP contribution in [0, 0.1) is 0 Å². The Hall–Kier alpha value is -2.54. The Balaban J connectivity index is 1.57. The van der Waals surface area contributed by atoms with Crippen molar-refractivity contribution in [3.8, 4) is 0 Å². The monoisotopic (exact) mass is 324 g/mol. The Morgan fingerprint density at radius 3 is 2.88 bits per heavy atom. The lowest BCUT2D eigenvalue weighted by Gasteiger charge is -2.27. The van der Waals surface area contributed by atoms with E-state index in [1.165, 1.54) is 0 Å². The van der Waals surface area contributed by atoms with Gasteiger partial charge < -0.3 is 9.55 Å². The van der Waals surface area contributed by atoms with Crippen molar-refractivity contribution in [3.05, 3.63) is 52.1 Å². The molecular weight excluding hydrogens is 304 g/mol. The van der Waals surface area contributed by atoms with Gasteiger partial charge in [0.15, 0.2) is 0 Å². The molecule has 7 heteroatoms. The second kappa shape index (κ2) is 5.83. The number of nitrogens with zero attached hydrogens (tertiary/aromatic N) is 5. The number of benzene rings is 1. The number of hydrogen-bond acceptors (Lipinski definition) is 5. The molecule has 3 heterocycles. The molecule has 0 atom stereocenters. The molecule has 24 heavy (non-hydrogen) atoms. The van der Waals surface area contributed by atoms with Crippen LogP contribution < -0.4 is 5.56 Å². The van der Waals surface area contributed by atoms with E-state index in [4.69, 9.17) is 0 Å². The number of para-hydroxylation sites is 1. The minimum Gasteiger partial charge on any atom is -0.312 e. The summed E-state index contributed by atoms with van der Waals surface area (Å²) in [7, 11) is 0. The lowest BCUT2D eigenvalue weighted by molar-refractivity contribution is 0.202. The van der Waals surface area contributed by atoms with Crippen molar-refractivity contribution in [3.63, 3.8) is 0 Å². The minimum atomic E-state index is -0.0853. The maximum atomic E-state index is 12.2. The predicted molar refractivity (Wildman–Crippen MR) is 90.6 cm³/mol. The molecule has 1 N–H and O–H groups in total. The molecule has 7 nitrogen and oxygen atoms in total. The number of hydrogen-bond donors (Lipinski definition) is 1. The van der Waals surface area contributed by atoms with Gasteiger partial charge in [0.05, 0.1) is 24.0 Å². The van der Waals surface area contributed by atoms with Crippen LogP contribution in [0.4, 0.5) is 0 Å². The largest absolute Gasteiger partial charge is 0.312 e. The van der Waals surface area contributed by atoms with Crippen molar-refractivity contribution in [1.29, 1.82) is 0 Å². The molecule has 0 fully saturated rings. The van der Waals surface area contributed by atoms with Gasteiger partial charge in [-0.2, -0.15) is 0 Å². The van der Waals surface area contributed by atoms with Crippen molar-refractivity contribution in [2.75, 3.05) is 6.54 Å². The molecular formula is C17H20N6O. The van der Waals surface area contributed by atoms with Crippen molar-refractivity contribution in [2.24, 2.45) is 0 Å². The summed E-state index contributed by atoms with van der Waals surface area (Å²) < 4.78 is 2.21. The van der Waals surface area contributed by atoms with Crippen LogP contribution in [0.2, 0.25) is 0 Å². The molecule has 2 aromatic heterocycles. The maximum absolute atomic E-state index is 12.2. The van der Waals surface area contributed by atoms with E-state index in [1.54, 1.807) is 6.07 Å². The third kappa shape index (κ3) is 2.60. The standard InChI is InChI=1S/C17H20N6O/c1-11(2)16-21-20-15-10-22(7-8-23(15)16)9-14-18-13-6-4-3-5-12(13)17(24)19-14/h3-6,11H,7-10H2,1-2H3,(H,18,19,24). The van der Waals surface area contributed by atoms with Crippen LogP contribution in [-0.2, 0) is 19.6 Å². The fourth-order valence-electron chi connectivity index (χ4n) is 3.21. The zero-order valence-electron chi connectivity index (χ0n) is 13.9. The summed E-state index contributed by atoms with van der Waals surface area (Å²) in [6, 6.07) is 7.41. The molecule has 1 aliphatic rings. The van der Waals surface area contributed by atoms with Gasteiger partial charge in [0, 0.05) is 19.0 Å². The highest BCUT2D eigenvalue weighted by Crippen LogP contribution is 2.19. The van der Waals surface area contributed by atoms with E-state index in [-0.39, 0.29) is 5.56 Å². The number of rotatable bonds is 3. The number of nitrogens with one attached hydrogen (secondary N) is 1. The third-order valence-electron chi connectivity index (χ3n) is 4.41. The number of aromatic nitrogens is 5. The summed E-state index contributed by atoms with van der Waals surface area (Å²) >= 11 is 0. The zero-order chi connectivity index (χ0) is 16.7. The third-order valence-corrected chi connectivity index (χ3v) is 4.41. The molecule has 0 bridgehead atoms. The Bertz CT molecular complexity index is 942. The molecule has 124 valence electrons. The lowest BCUT2D eigenvalue weighted by atomic mass is 10.2. The number of aromatic amines is 1. The number of H-pyrrole nitrogens is 1. The van der Waals surface area contributed by atoms with Gasteiger partial charge in [0.25, 0.3) is 5.56 Å². The van der Waals surface area contributed by atoms with Gasteiger partial charge >= 0.3 is 0 Å². The van der Waals surface area contributed by atoms with E-state index in [2.05, 4.69) is 43.5 Å². The van der Waals surface area contributed by atoms with Gasteiger partial charge in [-0.25, -0.2) is 4.98 Å². The lowest BCUT2D eigenvalue weighted by Crippen LogP contribution is -2.35. The van der Waals surface area contributed by atoms with Crippen LogP contribution in [0.15, 0.2) is 29.1 Å². The maximum Gasteiger partial charge on any atom is 0.258 e. The van der Waals surface area contributed by atoms with Gasteiger partial charge in [-0.1, -0.05) is 26.0 Å². The van der Waals surface area contributed by atoms with Crippen LogP contribution in [-0.4, -0.2) is 36.2 Å². The van der Waals surface area contributed by atoms with Crippen LogP contribution in [0.5, 0.6) is 0 Å². The van der Waals surface area contributed by atoms with Crippen LogP contribution in [0.1, 0.15) is 37.2 Å². The second-order valence-corrected chi connectivity index (χ2v) is 6.52. The predicted octanol–water partition coefficient (Wildman–Crippen LogP) is 1.65. The Labute approximate surface area is 139 Å². The molecule has 1 aliphatic heterocycles. The van der Waals surface area contributed by atoms with E-state index in [0.29, 0.717) is 23.7 Å². The van der Waals surface area contributed by atoms with Crippen molar-refractivity contribution >= 4 is 10.9 Å². The molecule has 0 saturated carbocycles. The first-order valence-corrected chi connectivity index (χ1v) is 8.24. The van der Waals surface area contributed by atoms with Crippen LogP contribution in [0.25, 0.3) is 10.9 Å². The zero-order valence-corrected chi connectivity index (χ0v) is 13.9. The second-order valence-electron chi connectivity index (χ2n) is 6.52. The molecule has 4 rings (SSSR count). The van der Waals surface area contributed by atoms with E-state index in [1.807, 2.05) is 18.2 Å². The molecule has 0 radical (unpaired) electrons. The number of fused-ring (bicyclic) bond motifs is 2. The van der Waals surface area contributed by atoms with Gasteiger partial charge in [-0.15, -0.1) is 10.2 Å². The topological polar surface area (TPSA) is 79.7 Å². The highest BCUT2D eigenvalue weighted by atomic mass is 16.1. The smallest absolute Gasteiger partial charge is 0.258 e. The highest BCUT2D eigenvalue weighted by Gasteiger charge is 2.22. The van der Waals surface area contributed by atoms with Gasteiger partial charge in [-0.3, -0.25) is 9.69 Å². The molecule has 0 spiro atoms. The van der Waals surface area contributed by atoms with Gasteiger partial charge in [0.1, 0.15) is 17.5 Å². The van der Waals surface area contributed by atoms with Gasteiger partial charge in [0.2, 0.25) is 0 Å². The summed E-state index contributed by atoms with van der Waals surface area (Å²) in [5.74, 6) is 3.09. The van der Waals surface area contributed by atoms with E-state index in [0.717, 1.165) is 36.8 Å². The van der Waals surface area contributed by atoms with Crippen molar-refractivity contribution < 1.29 is 0 Å². The first-order valence-electron chi connectivity index (χ1n) is 8.24. The van der Waals surface area contributed by atoms with E-state index in [9.17, 15) is 4.79 Å². The normalized spacial score (nSPS) is 15.1. The Kier molecular flexibility index (Phi) is 3.65. The molecule has 0 aliphatic carbocycles. The van der Waals surface area contributed by atoms with E-state index >= 15 is 0 Å². The fourth-order valence-corrected chi connectivity index (χ4v) is 3.21. The molecule has 3 aromatic rings. The molecule has 0 amide bonds. The molecule has 0 saturated heterocycles. The first-order chi connectivity index (χ1) is 11.6. The van der Waals surface area contributed by atoms with Gasteiger partial charge in [-0.05, 0) is 12.1 Å². The quantitative estimate of drug-likeness (QED) is 0.792. The molecule has 0 unspecified atom stereocenters. The van der Waals surface area contributed by atoms with Crippen LogP contribution >= 0.6 is 0 Å². The minimum absolute atomic E-state index is 0.0853. The summed E-state index contributed by atoms with van der Waals surface area (Å²) in [5.41, 5.74) is 0.649. The fraction of sp³-hybridized carbons (Fsp3) is 0.412. The summed E-state index contributed by atoms with van der Waals surface area (Å²) in [4.78, 5) is 21.9. The average molecular weight is 324 g/mol. The van der Waals surface area contributed by atoms with Crippen LogP contribution in [0.3, 0.4) is 0 Å².